The van der Waals surface area contributed by atoms with Gasteiger partial charge in [0.1, 0.15) is 0 Å². The molecule has 0 aromatic heterocycles. The number of carbonyl (C=O) groups is 1. The van der Waals surface area contributed by atoms with Gasteiger partial charge in [-0.15, -0.1) is 0 Å². The Morgan fingerprint density at radius 1 is 1.33 bits per heavy atom. The van der Waals surface area contributed by atoms with Crippen LogP contribution in [-0.4, -0.2) is 26.3 Å². The van der Waals surface area contributed by atoms with Crippen molar-refractivity contribution in [1.29, 1.82) is 0 Å². The van der Waals surface area contributed by atoms with Gasteiger partial charge in [0, 0.05) is 26.7 Å². The molecule has 4 heteroatoms. The van der Waals surface area contributed by atoms with Crippen LogP contribution in [0.2, 0.25) is 0 Å². The molecule has 1 aromatic carbocycles. The summed E-state index contributed by atoms with van der Waals surface area (Å²) < 4.78 is 0. The first-order chi connectivity index (χ1) is 7.09. The predicted molar refractivity (Wildman–Crippen MR) is 60.1 cm³/mol. The average Bonchev–Trinajstić information content (AvgIpc) is 2.18. The lowest BCUT2D eigenvalue weighted by Crippen LogP contribution is -2.08. The minimum absolute atomic E-state index is 0.420. The lowest BCUT2D eigenvalue weighted by molar-refractivity contribution is -0.140. The Bertz CT molecular complexity index is 355. The number of nitrogens with zero attached hydrogens (tertiary/aromatic N) is 2. The number of oxime groups is 1. The van der Waals surface area contributed by atoms with E-state index in [1.807, 2.05) is 43.3 Å². The van der Waals surface area contributed by atoms with Crippen molar-refractivity contribution in [1.82, 2.24) is 0 Å². The van der Waals surface area contributed by atoms with Gasteiger partial charge in [-0.05, 0) is 17.7 Å². The summed E-state index contributed by atoms with van der Waals surface area (Å²) in [6, 6.07) is 7.74. The normalized spacial score (nSPS) is 10.3. The number of anilines is 1. The molecular formula is C11H14N2O2. The molecule has 0 radical (unpaired) electrons. The first-order valence-corrected chi connectivity index (χ1v) is 4.58. The minimum atomic E-state index is -0.420. The van der Waals surface area contributed by atoms with Crippen molar-refractivity contribution >= 4 is 17.9 Å². The topological polar surface area (TPSA) is 41.9 Å². The zero-order valence-corrected chi connectivity index (χ0v) is 9.10. The van der Waals surface area contributed by atoms with E-state index in [9.17, 15) is 4.79 Å². The van der Waals surface area contributed by atoms with E-state index in [0.29, 0.717) is 0 Å². The Labute approximate surface area is 89.1 Å². The van der Waals surface area contributed by atoms with Crippen LogP contribution in [0, 0.1) is 0 Å². The van der Waals surface area contributed by atoms with Crippen LogP contribution in [0.3, 0.4) is 0 Å². The number of benzene rings is 1. The third-order valence-corrected chi connectivity index (χ3v) is 1.79. The van der Waals surface area contributed by atoms with Crippen LogP contribution in [0.4, 0.5) is 5.69 Å². The highest BCUT2D eigenvalue weighted by atomic mass is 16.7. The van der Waals surface area contributed by atoms with E-state index in [0.717, 1.165) is 11.3 Å². The number of hydrogen-bond acceptors (Lipinski definition) is 4. The molecule has 0 saturated heterocycles. The average molecular weight is 206 g/mol. The van der Waals surface area contributed by atoms with Crippen LogP contribution in [0.1, 0.15) is 12.5 Å². The van der Waals surface area contributed by atoms with E-state index in [1.54, 1.807) is 0 Å². The minimum Gasteiger partial charge on any atom is -0.378 e. The fourth-order valence-electron chi connectivity index (χ4n) is 1.02. The van der Waals surface area contributed by atoms with Crippen LogP contribution < -0.4 is 4.90 Å². The Morgan fingerprint density at radius 3 is 2.40 bits per heavy atom. The second-order valence-electron chi connectivity index (χ2n) is 3.30. The molecular weight excluding hydrogens is 192 g/mol. The number of hydrogen-bond donors (Lipinski definition) is 0. The van der Waals surface area contributed by atoms with Crippen LogP contribution >= 0.6 is 0 Å². The summed E-state index contributed by atoms with van der Waals surface area (Å²) in [5, 5.41) is 3.53. The van der Waals surface area contributed by atoms with E-state index in [4.69, 9.17) is 0 Å². The molecule has 0 amide bonds. The lowest BCUT2D eigenvalue weighted by atomic mass is 10.2. The van der Waals surface area contributed by atoms with E-state index < -0.39 is 5.97 Å². The highest BCUT2D eigenvalue weighted by molar-refractivity contribution is 5.80. The first-order valence-electron chi connectivity index (χ1n) is 4.58. The van der Waals surface area contributed by atoms with Crippen LogP contribution in [-0.2, 0) is 9.63 Å². The van der Waals surface area contributed by atoms with Crippen molar-refractivity contribution < 1.29 is 9.63 Å². The van der Waals surface area contributed by atoms with Crippen LogP contribution in [0.25, 0.3) is 0 Å². The zero-order chi connectivity index (χ0) is 11.3. The van der Waals surface area contributed by atoms with Crippen molar-refractivity contribution in [2.24, 2.45) is 5.16 Å². The van der Waals surface area contributed by atoms with Gasteiger partial charge in [0.2, 0.25) is 0 Å². The maximum atomic E-state index is 10.4. The zero-order valence-electron chi connectivity index (χ0n) is 9.10. The fraction of sp³-hybridized carbons (Fsp3) is 0.273. The van der Waals surface area contributed by atoms with Crippen LogP contribution in [0.15, 0.2) is 29.4 Å². The lowest BCUT2D eigenvalue weighted by Gasteiger charge is -2.11. The van der Waals surface area contributed by atoms with Gasteiger partial charge >= 0.3 is 5.97 Å². The molecule has 0 bridgehead atoms. The van der Waals surface area contributed by atoms with Crippen molar-refractivity contribution in [2.45, 2.75) is 6.92 Å². The molecule has 0 saturated carbocycles. The van der Waals surface area contributed by atoms with Gasteiger partial charge in [0.05, 0.1) is 6.21 Å². The maximum absolute atomic E-state index is 10.4. The van der Waals surface area contributed by atoms with Gasteiger partial charge in [-0.2, -0.15) is 0 Å². The Balaban J connectivity index is 2.64. The quantitative estimate of drug-likeness (QED) is 0.429. The number of rotatable bonds is 3. The van der Waals surface area contributed by atoms with E-state index in [1.165, 1.54) is 13.1 Å². The second kappa shape index (κ2) is 5.14. The molecule has 0 aliphatic heterocycles. The summed E-state index contributed by atoms with van der Waals surface area (Å²) >= 11 is 0. The second-order valence-corrected chi connectivity index (χ2v) is 3.30. The molecule has 80 valence electrons. The van der Waals surface area contributed by atoms with E-state index in [-0.39, 0.29) is 0 Å². The van der Waals surface area contributed by atoms with Gasteiger partial charge in [-0.25, -0.2) is 4.79 Å². The van der Waals surface area contributed by atoms with Gasteiger partial charge < -0.3 is 9.74 Å². The molecule has 1 rings (SSSR count). The number of carbonyl (C=O) groups excluding carboxylic acids is 1. The van der Waals surface area contributed by atoms with E-state index >= 15 is 0 Å². The van der Waals surface area contributed by atoms with Gasteiger partial charge in [-0.3, -0.25) is 0 Å². The van der Waals surface area contributed by atoms with Crippen LogP contribution in [0.5, 0.6) is 0 Å². The molecule has 1 aromatic rings. The summed E-state index contributed by atoms with van der Waals surface area (Å²) in [7, 11) is 3.95. The van der Waals surface area contributed by atoms with Crippen molar-refractivity contribution in [3.63, 3.8) is 0 Å². The Kier molecular flexibility index (Phi) is 3.85. The maximum Gasteiger partial charge on any atom is 0.331 e. The fourth-order valence-corrected chi connectivity index (χ4v) is 1.02. The SMILES string of the molecule is CC(=O)O/N=C/c1ccc(N(C)C)cc1. The third-order valence-electron chi connectivity index (χ3n) is 1.79. The Morgan fingerprint density at radius 2 is 1.93 bits per heavy atom. The van der Waals surface area contributed by atoms with Crippen molar-refractivity contribution in [2.75, 3.05) is 19.0 Å². The summed E-state index contributed by atoms with van der Waals surface area (Å²) in [5.41, 5.74) is 2.00. The standard InChI is InChI=1S/C11H14N2O2/c1-9(14)15-12-8-10-4-6-11(7-5-10)13(2)3/h4-8H,1-3H3/b12-8+. The van der Waals surface area contributed by atoms with E-state index in [2.05, 4.69) is 9.99 Å². The molecule has 0 aliphatic carbocycles. The predicted octanol–water partition coefficient (Wildman–Crippen LogP) is 1.65. The van der Waals surface area contributed by atoms with Gasteiger partial charge in [-0.1, -0.05) is 17.3 Å². The molecule has 0 N–H and O–H groups in total. The molecule has 15 heavy (non-hydrogen) atoms. The molecule has 4 nitrogen and oxygen atoms in total. The third kappa shape index (κ3) is 3.81. The summed E-state index contributed by atoms with van der Waals surface area (Å²) in [6.45, 7) is 1.31. The smallest absolute Gasteiger partial charge is 0.331 e. The molecule has 0 atom stereocenters. The molecule has 0 heterocycles. The monoisotopic (exact) mass is 206 g/mol. The first kappa shape index (κ1) is 11.2. The van der Waals surface area contributed by atoms with Gasteiger partial charge in [0.25, 0.3) is 0 Å². The molecule has 0 aliphatic rings. The van der Waals surface area contributed by atoms with Crippen molar-refractivity contribution in [3.05, 3.63) is 29.8 Å². The summed E-state index contributed by atoms with van der Waals surface area (Å²) in [6.07, 6.45) is 1.50. The highest BCUT2D eigenvalue weighted by Gasteiger charge is 1.94. The van der Waals surface area contributed by atoms with Crippen molar-refractivity contribution in [3.8, 4) is 0 Å². The Hall–Kier alpha value is -1.84. The largest absolute Gasteiger partial charge is 0.378 e. The molecule has 0 spiro atoms. The summed E-state index contributed by atoms with van der Waals surface area (Å²) in [5.74, 6) is -0.420. The summed E-state index contributed by atoms with van der Waals surface area (Å²) in [4.78, 5) is 16.9. The highest BCUT2D eigenvalue weighted by Crippen LogP contribution is 2.10. The molecule has 0 fully saturated rings. The van der Waals surface area contributed by atoms with Gasteiger partial charge in [0.15, 0.2) is 0 Å². The molecule has 0 unspecified atom stereocenters.